The number of imidazole rings is 1. The molecule has 2 aromatic heterocycles. The smallest absolute Gasteiger partial charge is 0.110 e. The first kappa shape index (κ1) is 14.7. The quantitative estimate of drug-likeness (QED) is 0.842. The Morgan fingerprint density at radius 2 is 2.10 bits per heavy atom. The Morgan fingerprint density at radius 3 is 2.75 bits per heavy atom. The molecule has 0 spiro atoms. The minimum atomic E-state index is 0.270. The molecule has 2 heterocycles. The molecule has 0 amide bonds. The van der Waals surface area contributed by atoms with E-state index in [2.05, 4.69) is 52.0 Å². The normalized spacial score (nSPS) is 12.6. The van der Waals surface area contributed by atoms with E-state index in [0.29, 0.717) is 0 Å². The van der Waals surface area contributed by atoms with Crippen LogP contribution in [0.25, 0.3) is 0 Å². The topological polar surface area (TPSA) is 42.7 Å². The van der Waals surface area contributed by atoms with Crippen LogP contribution in [-0.2, 0) is 13.0 Å². The maximum Gasteiger partial charge on any atom is 0.110 e. The molecule has 2 rings (SSSR count). The van der Waals surface area contributed by atoms with Crippen LogP contribution in [0.2, 0.25) is 0 Å². The van der Waals surface area contributed by atoms with Crippen molar-refractivity contribution in [3.8, 4) is 0 Å². The lowest BCUT2D eigenvalue weighted by atomic mass is 10.0. The third-order valence-corrected chi connectivity index (χ3v) is 3.44. The van der Waals surface area contributed by atoms with Crippen LogP contribution in [-0.4, -0.2) is 21.1 Å². The third-order valence-electron chi connectivity index (χ3n) is 3.44. The maximum atomic E-state index is 4.50. The van der Waals surface area contributed by atoms with Gasteiger partial charge in [0.1, 0.15) is 5.82 Å². The minimum absolute atomic E-state index is 0.270. The Balaban J connectivity index is 2.16. The Bertz CT molecular complexity index is 516. The lowest BCUT2D eigenvalue weighted by Crippen LogP contribution is -2.24. The number of aromatic nitrogens is 3. The molecule has 0 aliphatic rings. The van der Waals surface area contributed by atoms with Crippen LogP contribution < -0.4 is 5.32 Å². The summed E-state index contributed by atoms with van der Waals surface area (Å²) < 4.78 is 2.24. The Hall–Kier alpha value is -1.68. The molecule has 0 aliphatic heterocycles. The van der Waals surface area contributed by atoms with Crippen molar-refractivity contribution in [2.24, 2.45) is 0 Å². The largest absolute Gasteiger partial charge is 0.335 e. The number of hydrogen-bond acceptors (Lipinski definition) is 3. The fraction of sp³-hybridized carbons (Fsp3) is 0.500. The molecular weight excluding hydrogens is 248 g/mol. The summed E-state index contributed by atoms with van der Waals surface area (Å²) in [6.45, 7) is 8.30. The van der Waals surface area contributed by atoms with Crippen molar-refractivity contribution in [3.63, 3.8) is 0 Å². The van der Waals surface area contributed by atoms with Crippen LogP contribution in [0.4, 0.5) is 0 Å². The molecule has 1 N–H and O–H groups in total. The van der Waals surface area contributed by atoms with Crippen LogP contribution in [0.3, 0.4) is 0 Å². The molecule has 4 heteroatoms. The van der Waals surface area contributed by atoms with Gasteiger partial charge in [0.25, 0.3) is 0 Å². The van der Waals surface area contributed by atoms with E-state index in [4.69, 9.17) is 0 Å². The second kappa shape index (κ2) is 7.20. The van der Waals surface area contributed by atoms with Gasteiger partial charge >= 0.3 is 0 Å². The molecule has 0 saturated heterocycles. The summed E-state index contributed by atoms with van der Waals surface area (Å²) in [6.07, 6.45) is 7.94. The molecular formula is C16H24N4. The zero-order valence-electron chi connectivity index (χ0n) is 12.6. The van der Waals surface area contributed by atoms with Gasteiger partial charge in [-0.1, -0.05) is 19.9 Å². The van der Waals surface area contributed by atoms with Gasteiger partial charge < -0.3 is 9.88 Å². The molecule has 0 fully saturated rings. The molecule has 0 aliphatic carbocycles. The third kappa shape index (κ3) is 3.67. The fourth-order valence-electron chi connectivity index (χ4n) is 2.40. The lowest BCUT2D eigenvalue weighted by molar-refractivity contribution is 0.515. The number of rotatable bonds is 7. The molecule has 0 saturated carbocycles. The molecule has 1 atom stereocenters. The second-order valence-corrected chi connectivity index (χ2v) is 5.08. The van der Waals surface area contributed by atoms with Crippen molar-refractivity contribution in [2.75, 3.05) is 6.54 Å². The first-order valence-electron chi connectivity index (χ1n) is 7.40. The summed E-state index contributed by atoms with van der Waals surface area (Å²) in [4.78, 5) is 8.91. The number of hydrogen-bond donors (Lipinski definition) is 1. The zero-order valence-corrected chi connectivity index (χ0v) is 12.6. The van der Waals surface area contributed by atoms with E-state index in [1.807, 2.05) is 19.3 Å². The van der Waals surface area contributed by atoms with Gasteiger partial charge in [0, 0.05) is 43.3 Å². The van der Waals surface area contributed by atoms with E-state index in [9.17, 15) is 0 Å². The maximum absolute atomic E-state index is 4.50. The minimum Gasteiger partial charge on any atom is -0.335 e. The summed E-state index contributed by atoms with van der Waals surface area (Å²) in [5, 5.41) is 3.53. The molecule has 2 aromatic rings. The van der Waals surface area contributed by atoms with E-state index in [1.165, 1.54) is 5.56 Å². The highest BCUT2D eigenvalue weighted by Gasteiger charge is 2.14. The second-order valence-electron chi connectivity index (χ2n) is 5.08. The fourth-order valence-corrected chi connectivity index (χ4v) is 2.40. The number of nitrogens with one attached hydrogen (secondary N) is 1. The monoisotopic (exact) mass is 272 g/mol. The Kier molecular flexibility index (Phi) is 5.30. The standard InChI is InChI=1S/C16H24N4/c1-4-9-20-10-8-18-16(20)11-15(17-5-2)14-7-6-13(3)19-12-14/h6-8,10,12,15,17H,4-5,9,11H2,1-3H3. The van der Waals surface area contributed by atoms with Gasteiger partial charge in [0.05, 0.1) is 0 Å². The average Bonchev–Trinajstić information content (AvgIpc) is 2.87. The highest BCUT2D eigenvalue weighted by molar-refractivity contribution is 5.18. The van der Waals surface area contributed by atoms with Crippen LogP contribution in [0.1, 0.15) is 43.4 Å². The van der Waals surface area contributed by atoms with Crippen LogP contribution in [0.5, 0.6) is 0 Å². The predicted octanol–water partition coefficient (Wildman–Crippen LogP) is 2.89. The molecule has 4 nitrogen and oxygen atoms in total. The first-order valence-corrected chi connectivity index (χ1v) is 7.40. The number of nitrogens with zero attached hydrogens (tertiary/aromatic N) is 3. The van der Waals surface area contributed by atoms with Gasteiger partial charge in [-0.15, -0.1) is 0 Å². The van der Waals surface area contributed by atoms with Gasteiger partial charge in [-0.2, -0.15) is 0 Å². The molecule has 0 bridgehead atoms. The van der Waals surface area contributed by atoms with E-state index in [1.54, 1.807) is 0 Å². The van der Waals surface area contributed by atoms with Crippen molar-refractivity contribution in [2.45, 2.75) is 46.2 Å². The van der Waals surface area contributed by atoms with Crippen molar-refractivity contribution in [1.82, 2.24) is 19.9 Å². The highest BCUT2D eigenvalue weighted by atomic mass is 15.1. The van der Waals surface area contributed by atoms with E-state index < -0.39 is 0 Å². The van der Waals surface area contributed by atoms with Crippen molar-refractivity contribution >= 4 is 0 Å². The summed E-state index contributed by atoms with van der Waals surface area (Å²) in [6, 6.07) is 4.49. The molecule has 0 aromatic carbocycles. The molecule has 1 unspecified atom stereocenters. The van der Waals surface area contributed by atoms with Crippen LogP contribution >= 0.6 is 0 Å². The predicted molar refractivity (Wildman–Crippen MR) is 81.6 cm³/mol. The first-order chi connectivity index (χ1) is 9.74. The van der Waals surface area contributed by atoms with Crippen molar-refractivity contribution < 1.29 is 0 Å². The van der Waals surface area contributed by atoms with E-state index >= 15 is 0 Å². The SMILES string of the molecule is CCCn1ccnc1CC(NCC)c1ccc(C)nc1. The van der Waals surface area contributed by atoms with Crippen molar-refractivity contribution in [3.05, 3.63) is 47.8 Å². The molecule has 0 radical (unpaired) electrons. The summed E-state index contributed by atoms with van der Waals surface area (Å²) >= 11 is 0. The van der Waals surface area contributed by atoms with Gasteiger partial charge in [-0.25, -0.2) is 4.98 Å². The Morgan fingerprint density at radius 1 is 1.25 bits per heavy atom. The molecule has 20 heavy (non-hydrogen) atoms. The van der Waals surface area contributed by atoms with Gasteiger partial charge in [0.2, 0.25) is 0 Å². The summed E-state index contributed by atoms with van der Waals surface area (Å²) in [5.41, 5.74) is 2.28. The Labute approximate surface area is 121 Å². The van der Waals surface area contributed by atoms with Crippen molar-refractivity contribution in [1.29, 1.82) is 0 Å². The number of aryl methyl sites for hydroxylation is 2. The van der Waals surface area contributed by atoms with E-state index in [0.717, 1.165) is 37.4 Å². The summed E-state index contributed by atoms with van der Waals surface area (Å²) in [5.74, 6) is 1.14. The highest BCUT2D eigenvalue weighted by Crippen LogP contribution is 2.17. The lowest BCUT2D eigenvalue weighted by Gasteiger charge is -2.18. The van der Waals surface area contributed by atoms with Gasteiger partial charge in [-0.05, 0) is 31.5 Å². The average molecular weight is 272 g/mol. The van der Waals surface area contributed by atoms with Gasteiger partial charge in [0.15, 0.2) is 0 Å². The van der Waals surface area contributed by atoms with Crippen LogP contribution in [0.15, 0.2) is 30.7 Å². The van der Waals surface area contributed by atoms with Crippen LogP contribution in [0, 0.1) is 6.92 Å². The number of pyridine rings is 1. The zero-order chi connectivity index (χ0) is 14.4. The molecule has 108 valence electrons. The van der Waals surface area contributed by atoms with E-state index in [-0.39, 0.29) is 6.04 Å². The summed E-state index contributed by atoms with van der Waals surface area (Å²) in [7, 11) is 0. The number of likely N-dealkylation sites (N-methyl/N-ethyl adjacent to an activating group) is 1. The van der Waals surface area contributed by atoms with Gasteiger partial charge in [-0.3, -0.25) is 4.98 Å².